The van der Waals surface area contributed by atoms with E-state index in [2.05, 4.69) is 39.7 Å². The van der Waals surface area contributed by atoms with Gasteiger partial charge in [-0.2, -0.15) is 0 Å². The van der Waals surface area contributed by atoms with Crippen LogP contribution < -0.4 is 4.90 Å². The van der Waals surface area contributed by atoms with Crippen LogP contribution in [-0.2, 0) is 6.42 Å². The van der Waals surface area contributed by atoms with E-state index in [0.29, 0.717) is 5.82 Å². The zero-order valence-electron chi connectivity index (χ0n) is 11.3. The van der Waals surface area contributed by atoms with E-state index in [-0.39, 0.29) is 13.1 Å². The highest BCUT2D eigenvalue weighted by Crippen LogP contribution is 2.25. The number of hydrogen-bond donors (Lipinski definition) is 0. The number of alkyl halides is 2. The van der Waals surface area contributed by atoms with Crippen LogP contribution in [0.1, 0.15) is 11.3 Å². The predicted octanol–water partition coefficient (Wildman–Crippen LogP) is 3.77. The van der Waals surface area contributed by atoms with Crippen LogP contribution in [0.5, 0.6) is 0 Å². The lowest BCUT2D eigenvalue weighted by Gasteiger charge is -2.17. The summed E-state index contributed by atoms with van der Waals surface area (Å²) >= 11 is 2.25. The van der Waals surface area contributed by atoms with Crippen molar-refractivity contribution in [3.05, 3.63) is 57.3 Å². The minimum Gasteiger partial charge on any atom is -0.351 e. The zero-order valence-corrected chi connectivity index (χ0v) is 13.5. The molecular formula is C16H15F2IN2. The highest BCUT2D eigenvalue weighted by atomic mass is 127. The summed E-state index contributed by atoms with van der Waals surface area (Å²) in [5.74, 6) is 0.657. The number of hydrogen-bond acceptors (Lipinski definition) is 2. The fraction of sp³-hybridized carbons (Fsp3) is 0.312. The lowest BCUT2D eigenvalue weighted by molar-refractivity contribution is 0.217. The topological polar surface area (TPSA) is 16.1 Å². The molecule has 0 N–H and O–H groups in total. The molecule has 1 saturated heterocycles. The molecule has 0 unspecified atom stereocenters. The van der Waals surface area contributed by atoms with Gasteiger partial charge in [0.1, 0.15) is 5.82 Å². The normalized spacial score (nSPS) is 21.8. The summed E-state index contributed by atoms with van der Waals surface area (Å²) in [6.07, 6.45) is -2.11. The monoisotopic (exact) mass is 400 g/mol. The van der Waals surface area contributed by atoms with E-state index in [9.17, 15) is 8.78 Å². The lowest BCUT2D eigenvalue weighted by atomic mass is 10.1. The van der Waals surface area contributed by atoms with Crippen molar-refractivity contribution in [2.75, 3.05) is 18.0 Å². The Morgan fingerprint density at radius 3 is 2.38 bits per heavy atom. The summed E-state index contributed by atoms with van der Waals surface area (Å²) in [7, 11) is 0. The summed E-state index contributed by atoms with van der Waals surface area (Å²) < 4.78 is 27.7. The van der Waals surface area contributed by atoms with Crippen LogP contribution in [0, 0.1) is 3.57 Å². The van der Waals surface area contributed by atoms with Crippen molar-refractivity contribution >= 4 is 28.4 Å². The van der Waals surface area contributed by atoms with Gasteiger partial charge in [0.25, 0.3) is 0 Å². The Hall–Kier alpha value is -1.24. The van der Waals surface area contributed by atoms with Crippen molar-refractivity contribution in [2.45, 2.75) is 18.8 Å². The molecule has 1 aliphatic rings. The highest BCUT2D eigenvalue weighted by Gasteiger charge is 2.33. The van der Waals surface area contributed by atoms with E-state index in [1.54, 1.807) is 4.90 Å². The molecule has 2 aromatic rings. The molecule has 1 aromatic heterocycles. The Kier molecular flexibility index (Phi) is 4.37. The molecule has 21 heavy (non-hydrogen) atoms. The third-order valence-electron chi connectivity index (χ3n) is 3.62. The second-order valence-electron chi connectivity index (χ2n) is 5.20. The van der Waals surface area contributed by atoms with Crippen molar-refractivity contribution < 1.29 is 8.78 Å². The molecule has 110 valence electrons. The van der Waals surface area contributed by atoms with Crippen LogP contribution in [0.15, 0.2) is 42.5 Å². The molecule has 3 rings (SSSR count). The average Bonchev–Trinajstić information content (AvgIpc) is 2.82. The molecule has 0 radical (unpaired) electrons. The summed E-state index contributed by atoms with van der Waals surface area (Å²) in [5.41, 5.74) is 2.12. The first-order valence-corrected chi connectivity index (χ1v) is 7.94. The molecule has 5 heteroatoms. The second-order valence-corrected chi connectivity index (χ2v) is 6.36. The van der Waals surface area contributed by atoms with Gasteiger partial charge in [-0.25, -0.2) is 13.8 Å². The van der Waals surface area contributed by atoms with E-state index in [0.717, 1.165) is 15.7 Å². The fourth-order valence-corrected chi connectivity index (χ4v) is 2.96. The van der Waals surface area contributed by atoms with Gasteiger partial charge in [0, 0.05) is 9.99 Å². The quantitative estimate of drug-likeness (QED) is 0.730. The van der Waals surface area contributed by atoms with Crippen molar-refractivity contribution in [1.29, 1.82) is 0 Å². The first-order chi connectivity index (χ1) is 10.1. The van der Waals surface area contributed by atoms with Gasteiger partial charge in [-0.3, -0.25) is 0 Å². The number of pyridine rings is 1. The van der Waals surface area contributed by atoms with Crippen LogP contribution in [0.25, 0.3) is 0 Å². The maximum Gasteiger partial charge on any atom is 0.150 e. The third kappa shape index (κ3) is 3.33. The molecule has 0 saturated carbocycles. The first kappa shape index (κ1) is 14.7. The van der Waals surface area contributed by atoms with Crippen molar-refractivity contribution in [2.24, 2.45) is 0 Å². The minimum absolute atomic E-state index is 0.0829. The Balaban J connectivity index is 1.83. The van der Waals surface area contributed by atoms with Gasteiger partial charge in [-0.15, -0.1) is 0 Å². The van der Waals surface area contributed by atoms with E-state index >= 15 is 0 Å². The van der Waals surface area contributed by atoms with Gasteiger partial charge in [-0.1, -0.05) is 30.3 Å². The summed E-state index contributed by atoms with van der Waals surface area (Å²) in [4.78, 5) is 6.28. The Morgan fingerprint density at radius 2 is 1.71 bits per heavy atom. The SMILES string of the molecule is F[C@@H]1CN(c2ccc(I)c(Cc3ccccc3)n2)C[C@H]1F. The van der Waals surface area contributed by atoms with Crippen molar-refractivity contribution in [3.8, 4) is 0 Å². The second kappa shape index (κ2) is 6.25. The summed E-state index contributed by atoms with van der Waals surface area (Å²) in [6, 6.07) is 13.9. The molecule has 0 amide bonds. The first-order valence-electron chi connectivity index (χ1n) is 6.86. The van der Waals surface area contributed by atoms with Gasteiger partial charge in [0.05, 0.1) is 18.8 Å². The standard InChI is InChI=1S/C16H15F2IN2/c17-12-9-21(10-13(12)18)16-7-6-14(19)15(20-16)8-11-4-2-1-3-5-11/h1-7,12-13H,8-10H2/t12-,13-/m1/s1. The van der Waals surface area contributed by atoms with E-state index < -0.39 is 12.3 Å². The highest BCUT2D eigenvalue weighted by molar-refractivity contribution is 14.1. The van der Waals surface area contributed by atoms with Gasteiger partial charge in [0.2, 0.25) is 0 Å². The number of anilines is 1. The molecule has 1 aromatic carbocycles. The molecule has 0 aliphatic carbocycles. The van der Waals surface area contributed by atoms with Gasteiger partial charge in [0.15, 0.2) is 12.3 Å². The summed E-state index contributed by atoms with van der Waals surface area (Å²) in [6.45, 7) is 0.166. The molecule has 2 heterocycles. The minimum atomic E-state index is -1.41. The molecular weight excluding hydrogens is 385 g/mol. The number of nitrogens with zero attached hydrogens (tertiary/aromatic N) is 2. The molecule has 2 nitrogen and oxygen atoms in total. The predicted molar refractivity (Wildman–Crippen MR) is 88.2 cm³/mol. The van der Waals surface area contributed by atoms with Gasteiger partial charge in [-0.05, 0) is 40.3 Å². The smallest absolute Gasteiger partial charge is 0.150 e. The van der Waals surface area contributed by atoms with Crippen LogP contribution in [0.2, 0.25) is 0 Å². The van der Waals surface area contributed by atoms with Crippen LogP contribution in [-0.4, -0.2) is 30.4 Å². The van der Waals surface area contributed by atoms with Crippen LogP contribution >= 0.6 is 22.6 Å². The van der Waals surface area contributed by atoms with Crippen LogP contribution in [0.4, 0.5) is 14.6 Å². The average molecular weight is 400 g/mol. The van der Waals surface area contributed by atoms with E-state index in [1.165, 1.54) is 5.56 Å². The Bertz CT molecular complexity index is 611. The molecule has 0 spiro atoms. The van der Waals surface area contributed by atoms with Gasteiger partial charge < -0.3 is 4.90 Å². The van der Waals surface area contributed by atoms with Gasteiger partial charge >= 0.3 is 0 Å². The van der Waals surface area contributed by atoms with E-state index in [4.69, 9.17) is 0 Å². The molecule has 0 bridgehead atoms. The number of aromatic nitrogens is 1. The third-order valence-corrected chi connectivity index (χ3v) is 4.61. The fourth-order valence-electron chi connectivity index (χ4n) is 2.47. The van der Waals surface area contributed by atoms with Crippen molar-refractivity contribution in [3.63, 3.8) is 0 Å². The van der Waals surface area contributed by atoms with Crippen molar-refractivity contribution in [1.82, 2.24) is 4.98 Å². The Labute approximate surface area is 136 Å². The maximum atomic E-state index is 13.3. The number of rotatable bonds is 3. The number of halogens is 3. The van der Waals surface area contributed by atoms with E-state index in [1.807, 2.05) is 30.3 Å². The maximum absolute atomic E-state index is 13.3. The van der Waals surface area contributed by atoms with Crippen LogP contribution in [0.3, 0.4) is 0 Å². The Morgan fingerprint density at radius 1 is 1.05 bits per heavy atom. The molecule has 2 atom stereocenters. The number of benzene rings is 1. The largest absolute Gasteiger partial charge is 0.351 e. The zero-order chi connectivity index (χ0) is 14.8. The lowest BCUT2D eigenvalue weighted by Crippen LogP contribution is -2.22. The summed E-state index contributed by atoms with van der Waals surface area (Å²) in [5, 5.41) is 0. The molecule has 1 fully saturated rings. The molecule has 1 aliphatic heterocycles.